The number of aromatic nitrogens is 4. The molecule has 140 valence electrons. The maximum absolute atomic E-state index is 11.1. The van der Waals surface area contributed by atoms with Crippen LogP contribution in [-0.2, 0) is 4.79 Å². The van der Waals surface area contributed by atoms with Gasteiger partial charge in [-0.15, -0.1) is 0 Å². The van der Waals surface area contributed by atoms with Gasteiger partial charge in [0.15, 0.2) is 5.65 Å². The number of ether oxygens (including phenoxy) is 1. The number of piperidine rings is 1. The Bertz CT molecular complexity index is 994. The zero-order valence-corrected chi connectivity index (χ0v) is 14.8. The SMILES string of the molecule is COc1cc(-c2cnn3c(N)cc(C4CCC(C(=O)O)NC4)nc23)ccn1. The number of methoxy groups -OCH3 is 1. The van der Waals surface area contributed by atoms with Crippen LogP contribution < -0.4 is 15.8 Å². The molecular formula is C18H20N6O3. The highest BCUT2D eigenvalue weighted by atomic mass is 16.5. The van der Waals surface area contributed by atoms with E-state index in [0.29, 0.717) is 30.3 Å². The van der Waals surface area contributed by atoms with Crippen molar-refractivity contribution in [1.29, 1.82) is 0 Å². The number of nitrogens with zero attached hydrogens (tertiary/aromatic N) is 4. The molecule has 0 radical (unpaired) electrons. The fraction of sp³-hybridized carbons (Fsp3) is 0.333. The second-order valence-electron chi connectivity index (χ2n) is 6.56. The number of hydrogen-bond donors (Lipinski definition) is 3. The predicted octanol–water partition coefficient (Wildman–Crippen LogP) is 1.30. The standard InChI is InChI=1S/C18H20N6O3/c1-27-16-6-10(4-5-20-16)12-9-22-24-15(19)7-14(23-17(12)24)11-2-3-13(18(25)26)21-8-11/h4-7,9,11,13,21H,2-3,8,19H2,1H3,(H,25,26). The van der Waals surface area contributed by atoms with Crippen LogP contribution in [0.3, 0.4) is 0 Å². The maximum atomic E-state index is 11.1. The molecule has 2 unspecified atom stereocenters. The van der Waals surface area contributed by atoms with E-state index in [0.717, 1.165) is 23.2 Å². The molecule has 4 N–H and O–H groups in total. The number of nitrogens with one attached hydrogen (secondary N) is 1. The van der Waals surface area contributed by atoms with Gasteiger partial charge < -0.3 is 20.9 Å². The Kier molecular flexibility index (Phi) is 4.36. The first kappa shape index (κ1) is 17.2. The summed E-state index contributed by atoms with van der Waals surface area (Å²) < 4.78 is 6.80. The molecule has 3 aromatic heterocycles. The first-order valence-corrected chi connectivity index (χ1v) is 8.67. The molecular weight excluding hydrogens is 348 g/mol. The lowest BCUT2D eigenvalue weighted by molar-refractivity contribution is -0.140. The van der Waals surface area contributed by atoms with Crippen LogP contribution in [0.4, 0.5) is 5.82 Å². The van der Waals surface area contributed by atoms with E-state index in [1.807, 2.05) is 18.2 Å². The van der Waals surface area contributed by atoms with Gasteiger partial charge in [0.1, 0.15) is 11.9 Å². The quantitative estimate of drug-likeness (QED) is 0.629. The lowest BCUT2D eigenvalue weighted by Gasteiger charge is -2.27. The van der Waals surface area contributed by atoms with Crippen LogP contribution in [0, 0.1) is 0 Å². The Balaban J connectivity index is 1.71. The smallest absolute Gasteiger partial charge is 0.320 e. The van der Waals surface area contributed by atoms with Crippen LogP contribution in [0.2, 0.25) is 0 Å². The van der Waals surface area contributed by atoms with Gasteiger partial charge in [0.25, 0.3) is 0 Å². The predicted molar refractivity (Wildman–Crippen MR) is 98.6 cm³/mol. The Morgan fingerprint density at radius 3 is 2.96 bits per heavy atom. The van der Waals surface area contributed by atoms with Crippen LogP contribution in [-0.4, -0.2) is 50.4 Å². The molecule has 0 saturated carbocycles. The summed E-state index contributed by atoms with van der Waals surface area (Å²) in [6.07, 6.45) is 4.68. The van der Waals surface area contributed by atoms with Gasteiger partial charge in [-0.05, 0) is 24.5 Å². The van der Waals surface area contributed by atoms with Crippen LogP contribution in [0.25, 0.3) is 16.8 Å². The molecule has 9 heteroatoms. The zero-order valence-electron chi connectivity index (χ0n) is 14.8. The van der Waals surface area contributed by atoms with Gasteiger partial charge in [-0.1, -0.05) is 0 Å². The van der Waals surface area contributed by atoms with Crippen molar-refractivity contribution in [3.8, 4) is 17.0 Å². The molecule has 1 aliphatic heterocycles. The number of aliphatic carboxylic acids is 1. The van der Waals surface area contributed by atoms with Crippen molar-refractivity contribution in [3.05, 3.63) is 36.3 Å². The molecule has 0 aromatic carbocycles. The first-order valence-electron chi connectivity index (χ1n) is 8.67. The zero-order chi connectivity index (χ0) is 19.0. The third-order valence-electron chi connectivity index (χ3n) is 4.90. The maximum Gasteiger partial charge on any atom is 0.320 e. The third-order valence-corrected chi connectivity index (χ3v) is 4.90. The molecule has 4 heterocycles. The largest absolute Gasteiger partial charge is 0.481 e. The van der Waals surface area contributed by atoms with Crippen LogP contribution in [0.5, 0.6) is 5.88 Å². The molecule has 1 saturated heterocycles. The molecule has 0 bridgehead atoms. The lowest BCUT2D eigenvalue weighted by Crippen LogP contribution is -2.43. The Morgan fingerprint density at radius 1 is 1.41 bits per heavy atom. The van der Waals surface area contributed by atoms with E-state index < -0.39 is 12.0 Å². The Hall–Kier alpha value is -3.20. The van der Waals surface area contributed by atoms with Gasteiger partial charge >= 0.3 is 5.97 Å². The van der Waals surface area contributed by atoms with Crippen molar-refractivity contribution in [2.75, 3.05) is 19.4 Å². The number of nitrogen functional groups attached to an aromatic ring is 1. The molecule has 4 rings (SSSR count). The summed E-state index contributed by atoms with van der Waals surface area (Å²) in [7, 11) is 1.57. The number of pyridine rings is 1. The minimum Gasteiger partial charge on any atom is -0.481 e. The number of anilines is 1. The van der Waals surface area contributed by atoms with Gasteiger partial charge in [0.05, 0.1) is 19.0 Å². The van der Waals surface area contributed by atoms with Gasteiger partial charge in [-0.3, -0.25) is 4.79 Å². The number of carboxylic acid groups (broad SMARTS) is 1. The monoisotopic (exact) mass is 368 g/mol. The summed E-state index contributed by atoms with van der Waals surface area (Å²) in [5, 5.41) is 16.5. The van der Waals surface area contributed by atoms with Crippen molar-refractivity contribution >= 4 is 17.4 Å². The molecule has 1 aliphatic rings. The van der Waals surface area contributed by atoms with E-state index >= 15 is 0 Å². The normalized spacial score (nSPS) is 19.9. The van der Waals surface area contributed by atoms with Crippen molar-refractivity contribution in [3.63, 3.8) is 0 Å². The van der Waals surface area contributed by atoms with E-state index in [4.69, 9.17) is 20.6 Å². The second-order valence-corrected chi connectivity index (χ2v) is 6.56. The van der Waals surface area contributed by atoms with Crippen molar-refractivity contribution in [2.45, 2.75) is 24.8 Å². The minimum atomic E-state index is -0.818. The number of nitrogens with two attached hydrogens (primary N) is 1. The number of hydrogen-bond acceptors (Lipinski definition) is 7. The molecule has 2 atom stereocenters. The average Bonchev–Trinajstić information content (AvgIpc) is 3.12. The van der Waals surface area contributed by atoms with Crippen molar-refractivity contribution < 1.29 is 14.6 Å². The average molecular weight is 368 g/mol. The minimum absolute atomic E-state index is 0.0997. The van der Waals surface area contributed by atoms with E-state index in [-0.39, 0.29) is 5.92 Å². The number of rotatable bonds is 4. The molecule has 0 spiro atoms. The number of carboxylic acids is 1. The van der Waals surface area contributed by atoms with Gasteiger partial charge in [0, 0.05) is 36.4 Å². The lowest BCUT2D eigenvalue weighted by atomic mass is 9.92. The van der Waals surface area contributed by atoms with Crippen LogP contribution >= 0.6 is 0 Å². The Labute approximate surface area is 155 Å². The van der Waals surface area contributed by atoms with Gasteiger partial charge in [0.2, 0.25) is 5.88 Å². The fourth-order valence-corrected chi connectivity index (χ4v) is 3.43. The van der Waals surface area contributed by atoms with E-state index in [1.165, 1.54) is 0 Å². The summed E-state index contributed by atoms with van der Waals surface area (Å²) >= 11 is 0. The summed E-state index contributed by atoms with van der Waals surface area (Å²) in [4.78, 5) is 20.0. The fourth-order valence-electron chi connectivity index (χ4n) is 3.43. The van der Waals surface area contributed by atoms with Crippen molar-refractivity contribution in [2.24, 2.45) is 0 Å². The summed E-state index contributed by atoms with van der Waals surface area (Å²) in [5.74, 6) is 0.276. The topological polar surface area (TPSA) is 128 Å². The molecule has 0 aliphatic carbocycles. The highest BCUT2D eigenvalue weighted by Crippen LogP contribution is 2.30. The summed E-state index contributed by atoms with van der Waals surface area (Å²) in [5.41, 5.74) is 9.39. The summed E-state index contributed by atoms with van der Waals surface area (Å²) in [6.45, 7) is 0.548. The Morgan fingerprint density at radius 2 is 2.26 bits per heavy atom. The highest BCUT2D eigenvalue weighted by Gasteiger charge is 2.27. The van der Waals surface area contributed by atoms with Crippen LogP contribution in [0.15, 0.2) is 30.6 Å². The highest BCUT2D eigenvalue weighted by molar-refractivity contribution is 5.78. The summed E-state index contributed by atoms with van der Waals surface area (Å²) in [6, 6.07) is 4.99. The number of fused-ring (bicyclic) bond motifs is 1. The van der Waals surface area contributed by atoms with E-state index in [9.17, 15) is 4.79 Å². The molecule has 9 nitrogen and oxygen atoms in total. The molecule has 3 aromatic rings. The number of carbonyl (C=O) groups is 1. The van der Waals surface area contributed by atoms with Gasteiger partial charge in [-0.25, -0.2) is 9.97 Å². The molecule has 0 amide bonds. The first-order chi connectivity index (χ1) is 13.1. The molecule has 1 fully saturated rings. The van der Waals surface area contributed by atoms with Crippen LogP contribution in [0.1, 0.15) is 24.5 Å². The van der Waals surface area contributed by atoms with Crippen molar-refractivity contribution in [1.82, 2.24) is 24.9 Å². The molecule has 27 heavy (non-hydrogen) atoms. The van der Waals surface area contributed by atoms with Gasteiger partial charge in [-0.2, -0.15) is 9.61 Å². The second kappa shape index (κ2) is 6.84. The van der Waals surface area contributed by atoms with E-state index in [2.05, 4.69) is 15.4 Å². The third kappa shape index (κ3) is 3.17. The van der Waals surface area contributed by atoms with E-state index in [1.54, 1.807) is 24.0 Å².